The normalized spacial score (nSPS) is 26.3. The molecule has 20 heavy (non-hydrogen) atoms. The fourth-order valence-electron chi connectivity index (χ4n) is 3.43. The van der Waals surface area contributed by atoms with Crippen LogP contribution in [0.25, 0.3) is 0 Å². The van der Waals surface area contributed by atoms with Crippen LogP contribution in [0.5, 0.6) is 5.75 Å². The first-order valence-electron chi connectivity index (χ1n) is 7.31. The number of nitrogens with two attached hydrogens (primary N) is 1. The lowest BCUT2D eigenvalue weighted by molar-refractivity contribution is 0.188. The van der Waals surface area contributed by atoms with Crippen molar-refractivity contribution in [3.8, 4) is 5.75 Å². The van der Waals surface area contributed by atoms with Gasteiger partial charge in [-0.25, -0.2) is 4.39 Å². The van der Waals surface area contributed by atoms with Crippen LogP contribution in [0.3, 0.4) is 0 Å². The summed E-state index contributed by atoms with van der Waals surface area (Å²) in [7, 11) is 1.55. The Morgan fingerprint density at radius 3 is 3.00 bits per heavy atom. The van der Waals surface area contributed by atoms with Crippen LogP contribution in [0.1, 0.15) is 25.7 Å². The van der Waals surface area contributed by atoms with Crippen molar-refractivity contribution >= 4 is 11.4 Å². The molecule has 1 aromatic carbocycles. The molecule has 0 amide bonds. The average molecular weight is 279 g/mol. The standard InChI is InChI=1S/C15H22FN3O/c1-20-15-9-14(12(16)8-13(15)17)18-10-4-6-19-5-2-3-11(19)7-10/h8-11,18H,2-7,17H2,1H3. The zero-order valence-corrected chi connectivity index (χ0v) is 11.9. The van der Waals surface area contributed by atoms with Crippen LogP contribution in [0, 0.1) is 5.82 Å². The molecule has 0 aromatic heterocycles. The molecule has 0 bridgehead atoms. The molecule has 4 nitrogen and oxygen atoms in total. The Morgan fingerprint density at radius 1 is 1.35 bits per heavy atom. The van der Waals surface area contributed by atoms with Gasteiger partial charge in [0.1, 0.15) is 11.6 Å². The summed E-state index contributed by atoms with van der Waals surface area (Å²) in [4.78, 5) is 2.55. The van der Waals surface area contributed by atoms with E-state index in [1.54, 1.807) is 13.2 Å². The highest BCUT2D eigenvalue weighted by atomic mass is 19.1. The summed E-state index contributed by atoms with van der Waals surface area (Å²) in [5, 5.41) is 3.33. The summed E-state index contributed by atoms with van der Waals surface area (Å²) in [6.45, 7) is 2.33. The first kappa shape index (κ1) is 13.5. The number of anilines is 2. The van der Waals surface area contributed by atoms with E-state index in [0.29, 0.717) is 29.2 Å². The van der Waals surface area contributed by atoms with Gasteiger partial charge in [-0.1, -0.05) is 0 Å². The molecule has 1 aromatic rings. The predicted molar refractivity (Wildman–Crippen MR) is 78.6 cm³/mol. The lowest BCUT2D eigenvalue weighted by Gasteiger charge is -2.35. The summed E-state index contributed by atoms with van der Waals surface area (Å²) in [6.07, 6.45) is 4.71. The van der Waals surface area contributed by atoms with E-state index in [2.05, 4.69) is 10.2 Å². The van der Waals surface area contributed by atoms with Crippen molar-refractivity contribution in [2.75, 3.05) is 31.2 Å². The van der Waals surface area contributed by atoms with Crippen molar-refractivity contribution in [2.24, 2.45) is 0 Å². The Morgan fingerprint density at radius 2 is 2.20 bits per heavy atom. The Bertz CT molecular complexity index is 494. The Hall–Kier alpha value is -1.49. The predicted octanol–water partition coefficient (Wildman–Crippen LogP) is 2.46. The summed E-state index contributed by atoms with van der Waals surface area (Å²) < 4.78 is 19.1. The molecule has 2 heterocycles. The van der Waals surface area contributed by atoms with Crippen LogP contribution in [0.15, 0.2) is 12.1 Å². The molecule has 0 radical (unpaired) electrons. The molecule has 2 atom stereocenters. The minimum Gasteiger partial charge on any atom is -0.495 e. The van der Waals surface area contributed by atoms with Gasteiger partial charge in [-0.3, -0.25) is 0 Å². The number of ether oxygens (including phenoxy) is 1. The van der Waals surface area contributed by atoms with E-state index in [0.717, 1.165) is 19.4 Å². The quantitative estimate of drug-likeness (QED) is 0.835. The van der Waals surface area contributed by atoms with Crippen LogP contribution in [-0.4, -0.2) is 37.2 Å². The van der Waals surface area contributed by atoms with Crippen molar-refractivity contribution in [3.05, 3.63) is 17.9 Å². The number of halogens is 1. The highest BCUT2D eigenvalue weighted by Gasteiger charge is 2.31. The van der Waals surface area contributed by atoms with Crippen molar-refractivity contribution in [1.29, 1.82) is 0 Å². The highest BCUT2D eigenvalue weighted by Crippen LogP contribution is 2.32. The first-order valence-corrected chi connectivity index (χ1v) is 7.31. The number of fused-ring (bicyclic) bond motifs is 1. The largest absolute Gasteiger partial charge is 0.495 e. The van der Waals surface area contributed by atoms with Gasteiger partial charge in [0.05, 0.1) is 18.5 Å². The molecule has 2 fully saturated rings. The van der Waals surface area contributed by atoms with Gasteiger partial charge < -0.3 is 20.7 Å². The number of hydrogen-bond donors (Lipinski definition) is 2. The van der Waals surface area contributed by atoms with Crippen molar-refractivity contribution in [3.63, 3.8) is 0 Å². The average Bonchev–Trinajstić information content (AvgIpc) is 2.89. The molecule has 0 saturated carbocycles. The molecule has 2 unspecified atom stereocenters. The second-order valence-electron chi connectivity index (χ2n) is 5.77. The van der Waals surface area contributed by atoms with E-state index in [9.17, 15) is 4.39 Å². The Labute approximate surface area is 119 Å². The van der Waals surface area contributed by atoms with E-state index in [-0.39, 0.29) is 5.82 Å². The van der Waals surface area contributed by atoms with Crippen LogP contribution in [0.2, 0.25) is 0 Å². The second kappa shape index (κ2) is 5.48. The molecule has 2 aliphatic rings. The van der Waals surface area contributed by atoms with Gasteiger partial charge in [-0.05, 0) is 32.2 Å². The van der Waals surface area contributed by atoms with Gasteiger partial charge in [0.15, 0.2) is 0 Å². The molecule has 2 saturated heterocycles. The molecule has 0 spiro atoms. The van der Waals surface area contributed by atoms with Crippen molar-refractivity contribution in [2.45, 2.75) is 37.8 Å². The summed E-state index contributed by atoms with van der Waals surface area (Å²) >= 11 is 0. The van der Waals surface area contributed by atoms with E-state index in [4.69, 9.17) is 10.5 Å². The van der Waals surface area contributed by atoms with Gasteiger partial charge in [0, 0.05) is 30.8 Å². The van der Waals surface area contributed by atoms with Crippen molar-refractivity contribution < 1.29 is 9.13 Å². The number of benzene rings is 1. The second-order valence-corrected chi connectivity index (χ2v) is 5.77. The van der Waals surface area contributed by atoms with E-state index in [1.165, 1.54) is 25.5 Å². The molecule has 3 N–H and O–H groups in total. The van der Waals surface area contributed by atoms with E-state index < -0.39 is 0 Å². The van der Waals surface area contributed by atoms with Gasteiger partial charge in [-0.15, -0.1) is 0 Å². The van der Waals surface area contributed by atoms with Gasteiger partial charge in [0.25, 0.3) is 0 Å². The van der Waals surface area contributed by atoms with Crippen LogP contribution in [0.4, 0.5) is 15.8 Å². The maximum atomic E-state index is 14.0. The molecule has 110 valence electrons. The maximum Gasteiger partial charge on any atom is 0.148 e. The first-order chi connectivity index (χ1) is 9.67. The molecule has 3 rings (SSSR count). The zero-order chi connectivity index (χ0) is 14.1. The minimum absolute atomic E-state index is 0.308. The summed E-state index contributed by atoms with van der Waals surface area (Å²) in [6, 6.07) is 3.98. The number of piperidine rings is 1. The van der Waals surface area contributed by atoms with Gasteiger partial charge >= 0.3 is 0 Å². The fraction of sp³-hybridized carbons (Fsp3) is 0.600. The van der Waals surface area contributed by atoms with Crippen LogP contribution in [-0.2, 0) is 0 Å². The molecular formula is C15H22FN3O. The monoisotopic (exact) mass is 279 g/mol. The number of nitrogens with zero attached hydrogens (tertiary/aromatic N) is 1. The van der Waals surface area contributed by atoms with Gasteiger partial charge in [0.2, 0.25) is 0 Å². The Kier molecular flexibility index (Phi) is 3.70. The smallest absolute Gasteiger partial charge is 0.148 e. The summed E-state index contributed by atoms with van der Waals surface area (Å²) in [5.74, 6) is 0.212. The molecule has 2 aliphatic heterocycles. The number of rotatable bonds is 3. The highest BCUT2D eigenvalue weighted by molar-refractivity contribution is 5.62. The number of nitrogens with one attached hydrogen (secondary N) is 1. The third-order valence-corrected chi connectivity index (χ3v) is 4.50. The Balaban J connectivity index is 1.71. The van der Waals surface area contributed by atoms with E-state index >= 15 is 0 Å². The SMILES string of the molecule is COc1cc(NC2CCN3CCCC3C2)c(F)cc1N. The van der Waals surface area contributed by atoms with E-state index in [1.807, 2.05) is 0 Å². The molecule has 0 aliphatic carbocycles. The third kappa shape index (κ3) is 2.54. The topological polar surface area (TPSA) is 50.5 Å². The zero-order valence-electron chi connectivity index (χ0n) is 11.9. The maximum absolute atomic E-state index is 14.0. The van der Waals surface area contributed by atoms with Crippen LogP contribution < -0.4 is 15.8 Å². The molecular weight excluding hydrogens is 257 g/mol. The number of nitrogen functional groups attached to an aromatic ring is 1. The number of hydrogen-bond acceptors (Lipinski definition) is 4. The van der Waals surface area contributed by atoms with Crippen molar-refractivity contribution in [1.82, 2.24) is 4.90 Å². The fourth-order valence-corrected chi connectivity index (χ4v) is 3.43. The minimum atomic E-state index is -0.308. The lowest BCUT2D eigenvalue weighted by Crippen LogP contribution is -2.42. The molecule has 5 heteroatoms. The third-order valence-electron chi connectivity index (χ3n) is 4.50. The number of methoxy groups -OCH3 is 1. The van der Waals surface area contributed by atoms with Gasteiger partial charge in [-0.2, -0.15) is 0 Å². The van der Waals surface area contributed by atoms with Crippen LogP contribution >= 0.6 is 0 Å². The lowest BCUT2D eigenvalue weighted by atomic mass is 9.97. The summed E-state index contributed by atoms with van der Waals surface area (Å²) in [5.41, 5.74) is 6.53.